The van der Waals surface area contributed by atoms with Crippen LogP contribution in [0.2, 0.25) is 0 Å². The SMILES string of the molecule is Cc1ccc([C@H](C)N)c(OCc2ccc(Br)s2)c1. The fourth-order valence-electron chi connectivity index (χ4n) is 1.72. The molecule has 1 atom stereocenters. The molecule has 0 saturated heterocycles. The number of nitrogens with two attached hydrogens (primary N) is 1. The molecule has 0 aliphatic rings. The van der Waals surface area contributed by atoms with Crippen molar-refractivity contribution in [1.29, 1.82) is 0 Å². The lowest BCUT2D eigenvalue weighted by Crippen LogP contribution is -2.08. The zero-order valence-corrected chi connectivity index (χ0v) is 12.8. The van der Waals surface area contributed by atoms with Crippen molar-refractivity contribution >= 4 is 27.3 Å². The van der Waals surface area contributed by atoms with E-state index in [0.717, 1.165) is 15.1 Å². The Hall–Kier alpha value is -0.840. The van der Waals surface area contributed by atoms with Crippen LogP contribution in [0.1, 0.15) is 29.0 Å². The number of ether oxygens (including phenoxy) is 1. The molecule has 2 nitrogen and oxygen atoms in total. The van der Waals surface area contributed by atoms with E-state index in [4.69, 9.17) is 10.5 Å². The van der Waals surface area contributed by atoms with Gasteiger partial charge in [0.2, 0.25) is 0 Å². The van der Waals surface area contributed by atoms with E-state index in [0.29, 0.717) is 6.61 Å². The predicted octanol–water partition coefficient (Wildman–Crippen LogP) is 4.42. The molecule has 0 fully saturated rings. The van der Waals surface area contributed by atoms with Crippen molar-refractivity contribution in [1.82, 2.24) is 0 Å². The van der Waals surface area contributed by atoms with Gasteiger partial charge >= 0.3 is 0 Å². The molecule has 0 spiro atoms. The molecule has 2 rings (SSSR count). The van der Waals surface area contributed by atoms with E-state index in [9.17, 15) is 0 Å². The minimum Gasteiger partial charge on any atom is -0.488 e. The number of hydrogen-bond donors (Lipinski definition) is 1. The number of rotatable bonds is 4. The summed E-state index contributed by atoms with van der Waals surface area (Å²) < 4.78 is 7.01. The molecule has 0 radical (unpaired) electrons. The molecular formula is C14H16BrNOS. The average molecular weight is 326 g/mol. The number of aryl methyl sites for hydroxylation is 1. The van der Waals surface area contributed by atoms with Crippen LogP contribution in [-0.4, -0.2) is 0 Å². The van der Waals surface area contributed by atoms with E-state index in [2.05, 4.69) is 35.0 Å². The fourth-order valence-corrected chi connectivity index (χ4v) is 3.12. The summed E-state index contributed by atoms with van der Waals surface area (Å²) in [6, 6.07) is 10.2. The highest BCUT2D eigenvalue weighted by molar-refractivity contribution is 9.11. The van der Waals surface area contributed by atoms with E-state index in [1.165, 1.54) is 10.4 Å². The Labute approximate surface area is 120 Å². The Morgan fingerprint density at radius 2 is 2.11 bits per heavy atom. The topological polar surface area (TPSA) is 35.2 Å². The standard InChI is InChI=1S/C14H16BrNOS/c1-9-3-5-12(10(2)16)13(7-9)17-8-11-4-6-14(15)18-11/h3-7,10H,8,16H2,1-2H3/t10-/m0/s1. The van der Waals surface area contributed by atoms with E-state index in [-0.39, 0.29) is 6.04 Å². The maximum atomic E-state index is 5.95. The largest absolute Gasteiger partial charge is 0.488 e. The van der Waals surface area contributed by atoms with E-state index in [1.54, 1.807) is 11.3 Å². The minimum absolute atomic E-state index is 0.0179. The van der Waals surface area contributed by atoms with Gasteiger partial charge in [-0.3, -0.25) is 0 Å². The van der Waals surface area contributed by atoms with Crippen LogP contribution in [0.3, 0.4) is 0 Å². The van der Waals surface area contributed by atoms with Crippen molar-refractivity contribution in [3.05, 3.63) is 50.1 Å². The molecule has 18 heavy (non-hydrogen) atoms. The molecule has 4 heteroatoms. The molecule has 0 saturated carbocycles. The van der Waals surface area contributed by atoms with Crippen LogP contribution >= 0.6 is 27.3 Å². The first kappa shape index (κ1) is 13.6. The molecule has 0 amide bonds. The van der Waals surface area contributed by atoms with Crippen LogP contribution in [0.25, 0.3) is 0 Å². The van der Waals surface area contributed by atoms with Crippen LogP contribution in [0.5, 0.6) is 5.75 Å². The van der Waals surface area contributed by atoms with Crippen LogP contribution in [0.4, 0.5) is 0 Å². The van der Waals surface area contributed by atoms with Crippen LogP contribution < -0.4 is 10.5 Å². The lowest BCUT2D eigenvalue weighted by molar-refractivity contribution is 0.305. The van der Waals surface area contributed by atoms with Crippen molar-refractivity contribution in [2.45, 2.75) is 26.5 Å². The summed E-state index contributed by atoms with van der Waals surface area (Å²) in [5.41, 5.74) is 8.19. The highest BCUT2D eigenvalue weighted by Crippen LogP contribution is 2.28. The Bertz CT molecular complexity index is 536. The fraction of sp³-hybridized carbons (Fsp3) is 0.286. The molecular weight excluding hydrogens is 310 g/mol. The van der Waals surface area contributed by atoms with E-state index in [1.807, 2.05) is 25.1 Å². The van der Waals surface area contributed by atoms with Crippen molar-refractivity contribution in [3.8, 4) is 5.75 Å². The number of benzene rings is 1. The summed E-state index contributed by atoms with van der Waals surface area (Å²) in [6.45, 7) is 4.61. The average Bonchev–Trinajstić information content (AvgIpc) is 2.72. The summed E-state index contributed by atoms with van der Waals surface area (Å²) in [5, 5.41) is 0. The van der Waals surface area contributed by atoms with Gasteiger partial charge in [-0.2, -0.15) is 0 Å². The van der Waals surface area contributed by atoms with Crippen LogP contribution in [0, 0.1) is 6.92 Å². The first-order valence-corrected chi connectivity index (χ1v) is 7.40. The van der Waals surface area contributed by atoms with Gasteiger partial charge in [-0.1, -0.05) is 12.1 Å². The molecule has 0 unspecified atom stereocenters. The van der Waals surface area contributed by atoms with Gasteiger partial charge in [0.05, 0.1) is 3.79 Å². The van der Waals surface area contributed by atoms with Gasteiger partial charge in [-0.25, -0.2) is 0 Å². The second kappa shape index (κ2) is 5.87. The van der Waals surface area contributed by atoms with Gasteiger partial charge in [-0.05, 0) is 53.5 Å². The van der Waals surface area contributed by atoms with Gasteiger partial charge in [0.25, 0.3) is 0 Å². The smallest absolute Gasteiger partial charge is 0.124 e. The molecule has 1 aromatic heterocycles. The quantitative estimate of drug-likeness (QED) is 0.903. The third-order valence-corrected chi connectivity index (χ3v) is 4.26. The Morgan fingerprint density at radius 1 is 1.33 bits per heavy atom. The molecule has 0 aliphatic heterocycles. The molecule has 2 N–H and O–H groups in total. The second-order valence-electron chi connectivity index (χ2n) is 4.32. The van der Waals surface area contributed by atoms with Crippen molar-refractivity contribution in [2.75, 3.05) is 0 Å². The highest BCUT2D eigenvalue weighted by atomic mass is 79.9. The lowest BCUT2D eigenvalue weighted by atomic mass is 10.1. The van der Waals surface area contributed by atoms with Crippen molar-refractivity contribution in [3.63, 3.8) is 0 Å². The maximum absolute atomic E-state index is 5.95. The van der Waals surface area contributed by atoms with Gasteiger partial charge in [0.1, 0.15) is 12.4 Å². The maximum Gasteiger partial charge on any atom is 0.124 e. The highest BCUT2D eigenvalue weighted by Gasteiger charge is 2.09. The van der Waals surface area contributed by atoms with Crippen molar-refractivity contribution in [2.24, 2.45) is 5.73 Å². The second-order valence-corrected chi connectivity index (χ2v) is 6.87. The molecule has 0 bridgehead atoms. The van der Waals surface area contributed by atoms with E-state index >= 15 is 0 Å². The summed E-state index contributed by atoms with van der Waals surface area (Å²) in [4.78, 5) is 1.19. The molecule has 1 heterocycles. The zero-order chi connectivity index (χ0) is 13.1. The summed E-state index contributed by atoms with van der Waals surface area (Å²) in [5.74, 6) is 0.884. The summed E-state index contributed by atoms with van der Waals surface area (Å²) in [6.07, 6.45) is 0. The van der Waals surface area contributed by atoms with Crippen molar-refractivity contribution < 1.29 is 4.74 Å². The third kappa shape index (κ3) is 3.34. The molecule has 2 aromatic rings. The first-order valence-electron chi connectivity index (χ1n) is 5.79. The van der Waals surface area contributed by atoms with Gasteiger partial charge in [0.15, 0.2) is 0 Å². The summed E-state index contributed by atoms with van der Waals surface area (Å²) in [7, 11) is 0. The Kier molecular flexibility index (Phi) is 4.43. The minimum atomic E-state index is -0.0179. The summed E-state index contributed by atoms with van der Waals surface area (Å²) >= 11 is 5.14. The van der Waals surface area contributed by atoms with Gasteiger partial charge in [0, 0.05) is 16.5 Å². The Morgan fingerprint density at radius 3 is 2.72 bits per heavy atom. The zero-order valence-electron chi connectivity index (χ0n) is 10.4. The van der Waals surface area contributed by atoms with Crippen LogP contribution in [0.15, 0.2) is 34.1 Å². The third-order valence-electron chi connectivity index (χ3n) is 2.66. The van der Waals surface area contributed by atoms with Gasteiger partial charge < -0.3 is 10.5 Å². The number of thiophene rings is 1. The monoisotopic (exact) mass is 325 g/mol. The predicted molar refractivity (Wildman–Crippen MR) is 80.1 cm³/mol. The molecule has 1 aromatic carbocycles. The van der Waals surface area contributed by atoms with E-state index < -0.39 is 0 Å². The van der Waals surface area contributed by atoms with Crippen LogP contribution in [-0.2, 0) is 6.61 Å². The molecule has 96 valence electrons. The first-order chi connectivity index (χ1) is 8.56. The Balaban J connectivity index is 2.15. The molecule has 0 aliphatic carbocycles. The number of halogens is 1. The normalized spacial score (nSPS) is 12.4. The van der Waals surface area contributed by atoms with Gasteiger partial charge in [-0.15, -0.1) is 11.3 Å². The number of hydrogen-bond acceptors (Lipinski definition) is 3. The lowest BCUT2D eigenvalue weighted by Gasteiger charge is -2.14.